The number of anilines is 1. The number of pyridine rings is 1. The predicted octanol–water partition coefficient (Wildman–Crippen LogP) is 3.48. The molecule has 0 spiro atoms. The minimum Gasteiger partial charge on any atom is -0.441 e. The molecule has 1 amide bonds. The molecule has 7 nitrogen and oxygen atoms in total. The van der Waals surface area contributed by atoms with E-state index in [2.05, 4.69) is 20.3 Å². The fraction of sp³-hybridized carbons (Fsp3) is 0.0526. The average Bonchev–Trinajstić information content (AvgIpc) is 3.34. The molecule has 1 aromatic carbocycles. The van der Waals surface area contributed by atoms with Gasteiger partial charge in [0.2, 0.25) is 0 Å². The van der Waals surface area contributed by atoms with E-state index in [0.29, 0.717) is 28.7 Å². The number of nitrogens with one attached hydrogen (secondary N) is 1. The van der Waals surface area contributed by atoms with E-state index < -0.39 is 0 Å². The first-order valence-electron chi connectivity index (χ1n) is 7.98. The second-order valence-electron chi connectivity index (χ2n) is 5.65. The molecule has 0 unspecified atom stereocenters. The molecular weight excluding hydrogens is 330 g/mol. The summed E-state index contributed by atoms with van der Waals surface area (Å²) in [5, 5.41) is 2.85. The van der Waals surface area contributed by atoms with Crippen molar-refractivity contribution in [3.63, 3.8) is 0 Å². The van der Waals surface area contributed by atoms with Crippen LogP contribution in [0.5, 0.6) is 0 Å². The van der Waals surface area contributed by atoms with E-state index in [0.717, 1.165) is 5.56 Å². The van der Waals surface area contributed by atoms with Crippen LogP contribution in [0, 0.1) is 6.92 Å². The van der Waals surface area contributed by atoms with E-state index in [-0.39, 0.29) is 5.91 Å². The minimum absolute atomic E-state index is 0.224. The van der Waals surface area contributed by atoms with Gasteiger partial charge in [0.05, 0.1) is 11.8 Å². The van der Waals surface area contributed by atoms with Crippen LogP contribution in [0.25, 0.3) is 17.1 Å². The largest absolute Gasteiger partial charge is 0.441 e. The van der Waals surface area contributed by atoms with Crippen molar-refractivity contribution in [2.45, 2.75) is 6.92 Å². The summed E-state index contributed by atoms with van der Waals surface area (Å²) in [4.78, 5) is 24.7. The number of nitrogens with zero attached hydrogens (tertiary/aromatic N) is 4. The Morgan fingerprint density at radius 3 is 2.54 bits per heavy atom. The number of imidazole rings is 1. The van der Waals surface area contributed by atoms with Gasteiger partial charge in [-0.2, -0.15) is 0 Å². The van der Waals surface area contributed by atoms with Gasteiger partial charge in [-0.05, 0) is 36.4 Å². The summed E-state index contributed by atoms with van der Waals surface area (Å²) in [6.07, 6.45) is 8.33. The summed E-state index contributed by atoms with van der Waals surface area (Å²) in [6, 6.07) is 10.9. The summed E-state index contributed by atoms with van der Waals surface area (Å²) in [7, 11) is 0. The summed E-state index contributed by atoms with van der Waals surface area (Å²) in [6.45, 7) is 1.80. The number of aryl methyl sites for hydroxylation is 1. The summed E-state index contributed by atoms with van der Waals surface area (Å²) in [5.41, 5.74) is 2.06. The minimum atomic E-state index is -0.224. The van der Waals surface area contributed by atoms with Gasteiger partial charge >= 0.3 is 0 Å². The molecule has 0 aliphatic heterocycles. The third-order valence-electron chi connectivity index (χ3n) is 3.83. The van der Waals surface area contributed by atoms with Crippen LogP contribution in [-0.4, -0.2) is 25.4 Å². The lowest BCUT2D eigenvalue weighted by Crippen LogP contribution is -2.12. The number of hydrogen-bond donors (Lipinski definition) is 1. The van der Waals surface area contributed by atoms with Crippen molar-refractivity contribution >= 4 is 11.6 Å². The van der Waals surface area contributed by atoms with Gasteiger partial charge in [0.25, 0.3) is 5.91 Å². The Balaban J connectivity index is 1.46. The van der Waals surface area contributed by atoms with E-state index in [1.807, 2.05) is 24.3 Å². The molecule has 4 rings (SSSR count). The Hall–Kier alpha value is -3.74. The van der Waals surface area contributed by atoms with Crippen molar-refractivity contribution in [1.29, 1.82) is 0 Å². The molecule has 0 saturated carbocycles. The second kappa shape index (κ2) is 6.64. The fourth-order valence-electron chi connectivity index (χ4n) is 2.48. The van der Waals surface area contributed by atoms with Gasteiger partial charge in [-0.25, -0.2) is 15.0 Å². The van der Waals surface area contributed by atoms with Gasteiger partial charge in [-0.1, -0.05) is 0 Å². The number of oxazole rings is 1. The molecule has 0 atom stereocenters. The first-order chi connectivity index (χ1) is 12.7. The zero-order chi connectivity index (χ0) is 17.9. The highest BCUT2D eigenvalue weighted by molar-refractivity contribution is 6.04. The highest BCUT2D eigenvalue weighted by atomic mass is 16.4. The Morgan fingerprint density at radius 2 is 1.92 bits per heavy atom. The molecule has 3 heterocycles. The maximum Gasteiger partial charge on any atom is 0.257 e. The lowest BCUT2D eigenvalue weighted by molar-refractivity contribution is 0.102. The van der Waals surface area contributed by atoms with Crippen LogP contribution >= 0.6 is 0 Å². The van der Waals surface area contributed by atoms with Crippen molar-refractivity contribution < 1.29 is 9.21 Å². The highest BCUT2D eigenvalue weighted by Gasteiger charge is 2.09. The van der Waals surface area contributed by atoms with E-state index in [4.69, 9.17) is 4.42 Å². The maximum atomic E-state index is 12.4. The number of hydrogen-bond acceptors (Lipinski definition) is 5. The Kier molecular flexibility index (Phi) is 4.03. The van der Waals surface area contributed by atoms with Gasteiger partial charge in [0, 0.05) is 36.8 Å². The van der Waals surface area contributed by atoms with Gasteiger partial charge in [0.1, 0.15) is 12.1 Å². The first-order valence-corrected chi connectivity index (χ1v) is 7.98. The topological polar surface area (TPSA) is 85.8 Å². The van der Waals surface area contributed by atoms with Gasteiger partial charge in [-0.3, -0.25) is 9.36 Å². The van der Waals surface area contributed by atoms with Crippen LogP contribution in [0.4, 0.5) is 5.69 Å². The first kappa shape index (κ1) is 15.8. The van der Waals surface area contributed by atoms with Gasteiger partial charge in [0.15, 0.2) is 11.7 Å². The molecular formula is C19H15N5O2. The summed E-state index contributed by atoms with van der Waals surface area (Å²) in [5.74, 6) is 1.78. The molecule has 0 fully saturated rings. The summed E-state index contributed by atoms with van der Waals surface area (Å²) < 4.78 is 7.26. The van der Waals surface area contributed by atoms with Crippen molar-refractivity contribution in [3.05, 3.63) is 79.0 Å². The lowest BCUT2D eigenvalue weighted by atomic mass is 10.1. The molecule has 0 saturated heterocycles. The van der Waals surface area contributed by atoms with E-state index in [1.54, 1.807) is 48.5 Å². The number of carbonyl (C=O) groups excluding carboxylic acids is 1. The van der Waals surface area contributed by atoms with Crippen LogP contribution in [-0.2, 0) is 0 Å². The molecule has 7 heteroatoms. The van der Waals surface area contributed by atoms with E-state index in [1.165, 1.54) is 6.20 Å². The normalized spacial score (nSPS) is 10.7. The highest BCUT2D eigenvalue weighted by Crippen LogP contribution is 2.22. The SMILES string of the molecule is Cc1ncc(-c2ccc(NC(=O)c3ccc(-n4ccnc4)nc3)cc2)o1. The smallest absolute Gasteiger partial charge is 0.257 e. The van der Waals surface area contributed by atoms with Crippen LogP contribution in [0.1, 0.15) is 16.2 Å². The molecule has 128 valence electrons. The average molecular weight is 345 g/mol. The molecule has 0 radical (unpaired) electrons. The molecule has 26 heavy (non-hydrogen) atoms. The van der Waals surface area contributed by atoms with E-state index >= 15 is 0 Å². The van der Waals surface area contributed by atoms with Crippen LogP contribution in [0.15, 0.2) is 71.9 Å². The molecule has 4 aromatic rings. The Bertz CT molecular complexity index is 1020. The second-order valence-corrected chi connectivity index (χ2v) is 5.65. The van der Waals surface area contributed by atoms with Crippen LogP contribution in [0.3, 0.4) is 0 Å². The molecule has 0 aliphatic rings. The quantitative estimate of drug-likeness (QED) is 0.612. The van der Waals surface area contributed by atoms with Gasteiger partial charge in [-0.15, -0.1) is 0 Å². The van der Waals surface area contributed by atoms with E-state index in [9.17, 15) is 4.79 Å². The van der Waals surface area contributed by atoms with Crippen molar-refractivity contribution in [1.82, 2.24) is 19.5 Å². The molecule has 3 aromatic heterocycles. The van der Waals surface area contributed by atoms with Crippen molar-refractivity contribution in [2.24, 2.45) is 0 Å². The monoisotopic (exact) mass is 345 g/mol. The zero-order valence-electron chi connectivity index (χ0n) is 14.0. The molecule has 0 bridgehead atoms. The molecule has 1 N–H and O–H groups in total. The predicted molar refractivity (Wildman–Crippen MR) is 96.0 cm³/mol. The number of amides is 1. The molecule has 0 aliphatic carbocycles. The number of rotatable bonds is 4. The Labute approximate surface area is 149 Å². The number of carbonyl (C=O) groups is 1. The third kappa shape index (κ3) is 3.23. The standard InChI is InChI=1S/C19H15N5O2/c1-13-21-11-17(26-13)14-2-5-16(6-3-14)23-19(25)15-4-7-18(22-10-15)24-9-8-20-12-24/h2-12H,1H3,(H,23,25). The van der Waals surface area contributed by atoms with Crippen LogP contribution in [0.2, 0.25) is 0 Å². The lowest BCUT2D eigenvalue weighted by Gasteiger charge is -2.07. The maximum absolute atomic E-state index is 12.4. The number of aromatic nitrogens is 4. The zero-order valence-corrected chi connectivity index (χ0v) is 14.0. The van der Waals surface area contributed by atoms with Crippen LogP contribution < -0.4 is 5.32 Å². The number of benzene rings is 1. The van der Waals surface area contributed by atoms with Gasteiger partial charge < -0.3 is 9.73 Å². The Morgan fingerprint density at radius 1 is 1.08 bits per heavy atom. The third-order valence-corrected chi connectivity index (χ3v) is 3.83. The van der Waals surface area contributed by atoms with Crippen molar-refractivity contribution in [3.8, 4) is 17.1 Å². The summed E-state index contributed by atoms with van der Waals surface area (Å²) >= 11 is 0. The fourth-order valence-corrected chi connectivity index (χ4v) is 2.48. The van der Waals surface area contributed by atoms with Crippen molar-refractivity contribution in [2.75, 3.05) is 5.32 Å².